The molecule has 10 rings (SSSR count). The lowest BCUT2D eigenvalue weighted by atomic mass is 9.90. The highest BCUT2D eigenvalue weighted by atomic mass is 15.0. The van der Waals surface area contributed by atoms with Crippen molar-refractivity contribution in [3.63, 3.8) is 0 Å². The minimum atomic E-state index is 0.914. The molecule has 0 N–H and O–H groups in total. The van der Waals surface area contributed by atoms with E-state index in [-0.39, 0.29) is 0 Å². The lowest BCUT2D eigenvalue weighted by molar-refractivity contribution is 1.18. The fourth-order valence-electron chi connectivity index (χ4n) is 7.51. The third-order valence-corrected chi connectivity index (χ3v) is 9.49. The predicted molar refractivity (Wildman–Crippen MR) is 190 cm³/mol. The molecule has 0 atom stereocenters. The third kappa shape index (κ3) is 3.64. The molecule has 9 aromatic rings. The molecule has 4 heteroatoms. The number of hydrogen-bond acceptors (Lipinski definition) is 3. The van der Waals surface area contributed by atoms with Crippen molar-refractivity contribution in [2.75, 3.05) is 0 Å². The Morgan fingerprint density at radius 2 is 1.43 bits per heavy atom. The largest absolute Gasteiger partial charge is 0.309 e. The van der Waals surface area contributed by atoms with Crippen LogP contribution in [0.25, 0.3) is 88.5 Å². The van der Waals surface area contributed by atoms with Gasteiger partial charge in [0.15, 0.2) is 0 Å². The van der Waals surface area contributed by atoms with E-state index in [9.17, 15) is 0 Å². The average Bonchev–Trinajstić information content (AvgIpc) is 3.46. The number of rotatable bonds is 3. The van der Waals surface area contributed by atoms with Gasteiger partial charge in [-0.15, -0.1) is 0 Å². The van der Waals surface area contributed by atoms with Crippen molar-refractivity contribution < 1.29 is 0 Å². The number of hydrogen-bond donors (Lipinski definition) is 0. The summed E-state index contributed by atoms with van der Waals surface area (Å²) < 4.78 is 2.43. The fraction of sp³-hybridized carbons (Fsp3) is 0.0238. The van der Waals surface area contributed by atoms with Gasteiger partial charge in [-0.3, -0.25) is 15.0 Å². The van der Waals surface area contributed by atoms with Crippen LogP contribution >= 0.6 is 0 Å². The highest BCUT2D eigenvalue weighted by Gasteiger charge is 2.21. The molecule has 0 aliphatic heterocycles. The second kappa shape index (κ2) is 9.68. The Labute approximate surface area is 264 Å². The number of para-hydroxylation sites is 1. The molecule has 4 heterocycles. The van der Waals surface area contributed by atoms with Gasteiger partial charge >= 0.3 is 0 Å². The van der Waals surface area contributed by atoms with E-state index >= 15 is 0 Å². The van der Waals surface area contributed by atoms with E-state index in [1.807, 2.05) is 30.7 Å². The van der Waals surface area contributed by atoms with Crippen LogP contribution in [0, 0.1) is 0 Å². The second-order valence-electron chi connectivity index (χ2n) is 12.0. The topological polar surface area (TPSA) is 43.6 Å². The van der Waals surface area contributed by atoms with E-state index < -0.39 is 0 Å². The van der Waals surface area contributed by atoms with Crippen LogP contribution in [-0.2, 0) is 6.42 Å². The van der Waals surface area contributed by atoms with E-state index in [0.717, 1.165) is 56.3 Å². The van der Waals surface area contributed by atoms with E-state index in [1.165, 1.54) is 43.7 Å². The first-order valence-electron chi connectivity index (χ1n) is 15.7. The summed E-state index contributed by atoms with van der Waals surface area (Å²) in [6, 6.07) is 41.2. The summed E-state index contributed by atoms with van der Waals surface area (Å²) in [5.41, 5.74) is 12.2. The molecule has 0 saturated heterocycles. The van der Waals surface area contributed by atoms with Crippen molar-refractivity contribution in [3.8, 4) is 28.1 Å². The Kier molecular flexibility index (Phi) is 5.31. The summed E-state index contributed by atoms with van der Waals surface area (Å²) in [5.74, 6) is 0. The van der Waals surface area contributed by atoms with Gasteiger partial charge < -0.3 is 4.57 Å². The smallest absolute Gasteiger partial charge is 0.0964 e. The van der Waals surface area contributed by atoms with Crippen molar-refractivity contribution >= 4 is 60.5 Å². The van der Waals surface area contributed by atoms with Gasteiger partial charge in [0.1, 0.15) is 0 Å². The van der Waals surface area contributed by atoms with Crippen LogP contribution in [-0.4, -0.2) is 19.5 Å². The van der Waals surface area contributed by atoms with E-state index in [2.05, 4.69) is 125 Å². The quantitative estimate of drug-likeness (QED) is 0.194. The monoisotopic (exact) mass is 586 g/mol. The predicted octanol–water partition coefficient (Wildman–Crippen LogP) is 10.3. The van der Waals surface area contributed by atoms with Crippen LogP contribution in [0.4, 0.5) is 0 Å². The molecule has 0 amide bonds. The van der Waals surface area contributed by atoms with Crippen molar-refractivity contribution in [2.45, 2.75) is 6.42 Å². The van der Waals surface area contributed by atoms with Gasteiger partial charge in [0.2, 0.25) is 0 Å². The van der Waals surface area contributed by atoms with Crippen molar-refractivity contribution in [1.29, 1.82) is 0 Å². The van der Waals surface area contributed by atoms with E-state index in [1.54, 1.807) is 0 Å². The number of allylic oxidation sites excluding steroid dienone is 1. The Balaban J connectivity index is 1.24. The zero-order valence-corrected chi connectivity index (χ0v) is 24.9. The summed E-state index contributed by atoms with van der Waals surface area (Å²) in [4.78, 5) is 14.4. The molecule has 46 heavy (non-hydrogen) atoms. The lowest BCUT2D eigenvalue weighted by Gasteiger charge is -2.17. The maximum Gasteiger partial charge on any atom is 0.0964 e. The van der Waals surface area contributed by atoms with Crippen molar-refractivity contribution in [1.82, 2.24) is 19.5 Å². The van der Waals surface area contributed by atoms with Crippen LogP contribution in [0.15, 0.2) is 140 Å². The first kappa shape index (κ1) is 25.2. The van der Waals surface area contributed by atoms with Gasteiger partial charge in [-0.05, 0) is 82.4 Å². The van der Waals surface area contributed by atoms with Gasteiger partial charge in [-0.1, -0.05) is 78.9 Å². The van der Waals surface area contributed by atoms with E-state index in [0.29, 0.717) is 0 Å². The summed E-state index contributed by atoms with van der Waals surface area (Å²) in [6.45, 7) is 0. The number of fused-ring (bicyclic) bond motifs is 7. The molecular weight excluding hydrogens is 560 g/mol. The van der Waals surface area contributed by atoms with Crippen LogP contribution in [0.1, 0.15) is 11.1 Å². The van der Waals surface area contributed by atoms with Gasteiger partial charge in [-0.25, -0.2) is 0 Å². The Morgan fingerprint density at radius 1 is 0.565 bits per heavy atom. The van der Waals surface area contributed by atoms with Gasteiger partial charge in [-0.2, -0.15) is 0 Å². The zero-order valence-electron chi connectivity index (χ0n) is 24.9. The molecule has 1 aliphatic carbocycles. The summed E-state index contributed by atoms with van der Waals surface area (Å²) in [7, 11) is 0. The molecule has 0 spiro atoms. The first-order valence-corrected chi connectivity index (χ1v) is 15.7. The standard InChI is InChI=1S/C42H26N4/c1-2-15-37-33(12-1)40-34-13-6-9-26-8-5-10-28(39(26)34)23-38(40)46(37)31-18-19-32(35(24-31)36-14-3-4-20-43-36)30-22-29-17-16-27-11-7-21-44-41(27)42(29)45-25-30/h1-12,14-25H,13H2. The lowest BCUT2D eigenvalue weighted by Crippen LogP contribution is -1.98. The molecule has 0 unspecified atom stereocenters. The van der Waals surface area contributed by atoms with Gasteiger partial charge in [0.05, 0.1) is 27.8 Å². The normalized spacial score (nSPS) is 12.6. The highest BCUT2D eigenvalue weighted by Crippen LogP contribution is 2.42. The molecule has 0 radical (unpaired) electrons. The first-order chi connectivity index (χ1) is 22.8. The third-order valence-electron chi connectivity index (χ3n) is 9.49. The Morgan fingerprint density at radius 3 is 2.39 bits per heavy atom. The number of nitrogens with zero attached hydrogens (tertiary/aromatic N) is 4. The molecule has 0 saturated carbocycles. The van der Waals surface area contributed by atoms with Crippen LogP contribution in [0.2, 0.25) is 0 Å². The molecule has 0 fully saturated rings. The summed E-state index contributed by atoms with van der Waals surface area (Å²) in [5, 5.41) is 7.42. The molecule has 5 aromatic carbocycles. The SMILES string of the molecule is C1=Cc2cccc3cc4c(c(c23)C1)c1ccccc1n4-c1ccc(-c2cnc3c(ccc4cccnc43)c2)c(-c2ccccn2)c1. The Bertz CT molecular complexity index is 2720. The van der Waals surface area contributed by atoms with E-state index in [4.69, 9.17) is 9.97 Å². The zero-order chi connectivity index (χ0) is 30.2. The van der Waals surface area contributed by atoms with Gasteiger partial charge in [0, 0.05) is 56.9 Å². The average molecular weight is 587 g/mol. The minimum Gasteiger partial charge on any atom is -0.309 e. The van der Waals surface area contributed by atoms with Crippen LogP contribution in [0.5, 0.6) is 0 Å². The van der Waals surface area contributed by atoms with Crippen LogP contribution in [0.3, 0.4) is 0 Å². The number of aromatic nitrogens is 4. The number of benzene rings is 5. The molecule has 214 valence electrons. The second-order valence-corrected chi connectivity index (χ2v) is 12.0. The molecule has 4 aromatic heterocycles. The maximum atomic E-state index is 4.94. The summed E-state index contributed by atoms with van der Waals surface area (Å²) in [6.07, 6.45) is 11.2. The fourth-order valence-corrected chi connectivity index (χ4v) is 7.51. The molecule has 0 bridgehead atoms. The minimum absolute atomic E-state index is 0.914. The van der Waals surface area contributed by atoms with Crippen molar-refractivity contribution in [2.24, 2.45) is 0 Å². The molecular formula is C42H26N4. The summed E-state index contributed by atoms with van der Waals surface area (Å²) >= 11 is 0. The maximum absolute atomic E-state index is 4.94. The van der Waals surface area contributed by atoms with Gasteiger partial charge in [0.25, 0.3) is 0 Å². The van der Waals surface area contributed by atoms with Crippen LogP contribution < -0.4 is 0 Å². The Hall–Kier alpha value is -6.13. The number of pyridine rings is 3. The van der Waals surface area contributed by atoms with Crippen molar-refractivity contribution in [3.05, 3.63) is 151 Å². The molecule has 1 aliphatic rings. The molecule has 4 nitrogen and oxygen atoms in total. The highest BCUT2D eigenvalue weighted by molar-refractivity contribution is 6.18.